The highest BCUT2D eigenvalue weighted by Gasteiger charge is 2.13. The van der Waals surface area contributed by atoms with Crippen molar-refractivity contribution in [2.75, 3.05) is 5.32 Å². The zero-order chi connectivity index (χ0) is 11.5. The molecule has 5 heteroatoms. The van der Waals surface area contributed by atoms with E-state index in [2.05, 4.69) is 5.32 Å². The standard InChI is InChI=1S/C11H11FN2O2/c12-8-5-10(7-11(6-8)14(15)16)13-9-3-1-2-4-9/h1-2,5-7,9,13H,3-4H2. The van der Waals surface area contributed by atoms with Crippen LogP contribution in [0.2, 0.25) is 0 Å². The molecule has 84 valence electrons. The molecule has 0 atom stereocenters. The van der Waals surface area contributed by atoms with E-state index in [1.807, 2.05) is 12.2 Å². The van der Waals surface area contributed by atoms with Crippen LogP contribution in [0.25, 0.3) is 0 Å². The van der Waals surface area contributed by atoms with Gasteiger partial charge in [0.2, 0.25) is 0 Å². The number of nitro groups is 1. The van der Waals surface area contributed by atoms with Gasteiger partial charge in [0, 0.05) is 17.8 Å². The van der Waals surface area contributed by atoms with Gasteiger partial charge in [-0.25, -0.2) is 4.39 Å². The number of nitro benzene ring substituents is 1. The molecule has 0 radical (unpaired) electrons. The summed E-state index contributed by atoms with van der Waals surface area (Å²) >= 11 is 0. The summed E-state index contributed by atoms with van der Waals surface area (Å²) in [5.41, 5.74) is 0.230. The number of nitrogens with one attached hydrogen (secondary N) is 1. The molecule has 0 fully saturated rings. The highest BCUT2D eigenvalue weighted by molar-refractivity contribution is 5.52. The van der Waals surface area contributed by atoms with Crippen LogP contribution in [-0.4, -0.2) is 11.0 Å². The molecule has 16 heavy (non-hydrogen) atoms. The zero-order valence-electron chi connectivity index (χ0n) is 8.52. The highest BCUT2D eigenvalue weighted by Crippen LogP contribution is 2.23. The minimum atomic E-state index is -0.596. The van der Waals surface area contributed by atoms with Gasteiger partial charge in [-0.3, -0.25) is 10.1 Å². The third-order valence-corrected chi connectivity index (χ3v) is 2.47. The number of hydrogen-bond donors (Lipinski definition) is 1. The average molecular weight is 222 g/mol. The van der Waals surface area contributed by atoms with Crippen molar-refractivity contribution in [1.82, 2.24) is 0 Å². The van der Waals surface area contributed by atoms with Crippen LogP contribution < -0.4 is 5.32 Å². The predicted molar refractivity (Wildman–Crippen MR) is 58.8 cm³/mol. The molecule has 4 nitrogen and oxygen atoms in total. The molecule has 1 aromatic rings. The maximum atomic E-state index is 13.1. The second-order valence-corrected chi connectivity index (χ2v) is 3.74. The number of rotatable bonds is 3. The maximum Gasteiger partial charge on any atom is 0.274 e. The quantitative estimate of drug-likeness (QED) is 0.486. The van der Waals surface area contributed by atoms with Gasteiger partial charge < -0.3 is 5.32 Å². The van der Waals surface area contributed by atoms with Crippen molar-refractivity contribution in [2.24, 2.45) is 0 Å². The molecule has 0 unspecified atom stereocenters. The summed E-state index contributed by atoms with van der Waals surface area (Å²) in [6.07, 6.45) is 5.80. The van der Waals surface area contributed by atoms with Crippen molar-refractivity contribution in [3.8, 4) is 0 Å². The van der Waals surface area contributed by atoms with Gasteiger partial charge in [-0.15, -0.1) is 0 Å². The molecular formula is C11H11FN2O2. The van der Waals surface area contributed by atoms with Crippen LogP contribution in [-0.2, 0) is 0 Å². The lowest BCUT2D eigenvalue weighted by molar-refractivity contribution is -0.385. The first-order valence-electron chi connectivity index (χ1n) is 5.01. The number of benzene rings is 1. The molecule has 2 rings (SSSR count). The molecule has 0 aromatic heterocycles. The first kappa shape index (κ1) is 10.6. The summed E-state index contributed by atoms with van der Waals surface area (Å²) in [7, 11) is 0. The molecule has 0 spiro atoms. The molecule has 0 bridgehead atoms. The van der Waals surface area contributed by atoms with E-state index in [9.17, 15) is 14.5 Å². The van der Waals surface area contributed by atoms with E-state index in [0.717, 1.165) is 18.9 Å². The third-order valence-electron chi connectivity index (χ3n) is 2.47. The minimum absolute atomic E-state index is 0.210. The summed E-state index contributed by atoms with van der Waals surface area (Å²) in [5.74, 6) is -0.595. The van der Waals surface area contributed by atoms with Crippen LogP contribution in [0.4, 0.5) is 15.8 Å². The number of nitrogens with zero attached hydrogens (tertiary/aromatic N) is 1. The van der Waals surface area contributed by atoms with Crippen LogP contribution >= 0.6 is 0 Å². The maximum absolute atomic E-state index is 13.1. The molecule has 0 heterocycles. The molecule has 1 N–H and O–H groups in total. The smallest absolute Gasteiger partial charge is 0.274 e. The predicted octanol–water partition coefficient (Wildman–Crippen LogP) is 2.86. The lowest BCUT2D eigenvalue weighted by Crippen LogP contribution is -2.15. The molecule has 0 amide bonds. The van der Waals surface area contributed by atoms with Gasteiger partial charge in [0.25, 0.3) is 5.69 Å². The van der Waals surface area contributed by atoms with Gasteiger partial charge in [-0.1, -0.05) is 12.2 Å². The van der Waals surface area contributed by atoms with Gasteiger partial charge in [0.05, 0.1) is 11.0 Å². The van der Waals surface area contributed by atoms with Crippen LogP contribution in [0.5, 0.6) is 0 Å². The van der Waals surface area contributed by atoms with Crippen molar-refractivity contribution in [1.29, 1.82) is 0 Å². The second-order valence-electron chi connectivity index (χ2n) is 3.74. The summed E-state index contributed by atoms with van der Waals surface area (Å²) in [5, 5.41) is 13.6. The Morgan fingerprint density at radius 3 is 2.62 bits per heavy atom. The lowest BCUT2D eigenvalue weighted by atomic mass is 10.2. The molecule has 0 aliphatic heterocycles. The summed E-state index contributed by atoms with van der Waals surface area (Å²) in [6, 6.07) is 3.74. The molecular weight excluding hydrogens is 211 g/mol. The van der Waals surface area contributed by atoms with Crippen LogP contribution in [0.3, 0.4) is 0 Å². The van der Waals surface area contributed by atoms with E-state index in [-0.39, 0.29) is 11.7 Å². The Morgan fingerprint density at radius 2 is 2.00 bits per heavy atom. The third kappa shape index (κ3) is 2.36. The van der Waals surface area contributed by atoms with E-state index in [4.69, 9.17) is 0 Å². The number of halogens is 1. The monoisotopic (exact) mass is 222 g/mol. The summed E-state index contributed by atoms with van der Waals surface area (Å²) < 4.78 is 13.1. The van der Waals surface area contributed by atoms with Gasteiger partial charge in [0.1, 0.15) is 5.82 Å². The number of hydrogen-bond acceptors (Lipinski definition) is 3. The Balaban J connectivity index is 2.16. The number of non-ortho nitro benzene ring substituents is 1. The molecule has 0 saturated heterocycles. The first-order chi connectivity index (χ1) is 7.65. The summed E-state index contributed by atoms with van der Waals surface area (Å²) in [4.78, 5) is 9.95. The van der Waals surface area contributed by atoms with E-state index >= 15 is 0 Å². The molecule has 1 aliphatic carbocycles. The van der Waals surface area contributed by atoms with Crippen molar-refractivity contribution >= 4 is 11.4 Å². The largest absolute Gasteiger partial charge is 0.381 e. The van der Waals surface area contributed by atoms with Crippen molar-refractivity contribution in [3.05, 3.63) is 46.3 Å². The van der Waals surface area contributed by atoms with Crippen LogP contribution in [0.15, 0.2) is 30.4 Å². The van der Waals surface area contributed by atoms with Crippen molar-refractivity contribution < 1.29 is 9.31 Å². The fourth-order valence-electron chi connectivity index (χ4n) is 1.73. The lowest BCUT2D eigenvalue weighted by Gasteiger charge is -2.13. The Labute approximate surface area is 91.9 Å². The Bertz CT molecular complexity index is 438. The summed E-state index contributed by atoms with van der Waals surface area (Å²) in [6.45, 7) is 0. The van der Waals surface area contributed by atoms with E-state index in [1.165, 1.54) is 12.1 Å². The van der Waals surface area contributed by atoms with Crippen molar-refractivity contribution in [2.45, 2.75) is 18.9 Å². The van der Waals surface area contributed by atoms with Gasteiger partial charge >= 0.3 is 0 Å². The molecule has 1 aromatic carbocycles. The highest BCUT2D eigenvalue weighted by atomic mass is 19.1. The first-order valence-corrected chi connectivity index (χ1v) is 5.01. The molecule has 1 aliphatic rings. The average Bonchev–Trinajstić information content (AvgIpc) is 2.69. The molecule has 0 saturated carbocycles. The van der Waals surface area contributed by atoms with E-state index in [0.29, 0.717) is 5.69 Å². The normalized spacial score (nSPS) is 15.3. The van der Waals surface area contributed by atoms with Gasteiger partial charge in [-0.05, 0) is 18.9 Å². The van der Waals surface area contributed by atoms with Gasteiger partial charge in [-0.2, -0.15) is 0 Å². The van der Waals surface area contributed by atoms with Gasteiger partial charge in [0.15, 0.2) is 0 Å². The fourth-order valence-corrected chi connectivity index (χ4v) is 1.73. The van der Waals surface area contributed by atoms with Crippen LogP contribution in [0.1, 0.15) is 12.8 Å². The second kappa shape index (κ2) is 4.30. The zero-order valence-corrected chi connectivity index (χ0v) is 8.52. The topological polar surface area (TPSA) is 55.2 Å². The SMILES string of the molecule is O=[N+]([O-])c1cc(F)cc(NC2CC=CC2)c1. The Kier molecular flexibility index (Phi) is 2.85. The van der Waals surface area contributed by atoms with Crippen LogP contribution in [0, 0.1) is 15.9 Å². The number of anilines is 1. The Morgan fingerprint density at radius 1 is 1.31 bits per heavy atom. The van der Waals surface area contributed by atoms with E-state index < -0.39 is 10.7 Å². The minimum Gasteiger partial charge on any atom is -0.381 e. The Hall–Kier alpha value is -1.91. The van der Waals surface area contributed by atoms with E-state index in [1.54, 1.807) is 0 Å². The van der Waals surface area contributed by atoms with Crippen molar-refractivity contribution in [3.63, 3.8) is 0 Å². The fraction of sp³-hybridized carbons (Fsp3) is 0.273.